The third-order valence-corrected chi connectivity index (χ3v) is 10.6. The van der Waals surface area contributed by atoms with Gasteiger partial charge >= 0.3 is 0 Å². The third kappa shape index (κ3) is 8.62. The van der Waals surface area contributed by atoms with Crippen LogP contribution in [0.25, 0.3) is 0 Å². The highest BCUT2D eigenvalue weighted by atomic mass is 32.2. The van der Waals surface area contributed by atoms with Gasteiger partial charge in [-0.2, -0.15) is 4.31 Å². The summed E-state index contributed by atoms with van der Waals surface area (Å²) in [4.78, 5) is 33.2. The Balaban J connectivity index is 1.32. The Labute approximate surface area is 277 Å². The molecule has 1 fully saturated rings. The van der Waals surface area contributed by atoms with Gasteiger partial charge in [0.1, 0.15) is 10.9 Å². The average Bonchev–Trinajstić information content (AvgIpc) is 3.35. The van der Waals surface area contributed by atoms with E-state index in [1.807, 2.05) is 75.4 Å². The van der Waals surface area contributed by atoms with Gasteiger partial charge in [0.2, 0.25) is 21.8 Å². The van der Waals surface area contributed by atoms with Crippen LogP contribution in [0.3, 0.4) is 0 Å². The predicted octanol–water partition coefficient (Wildman–Crippen LogP) is 2.06. The Hall–Kier alpha value is -3.68. The number of hydrogen-bond acceptors (Lipinski definition) is 8. The molecule has 47 heavy (non-hydrogen) atoms. The minimum Gasteiger partial charge on any atom is -0.392 e. The molecule has 4 N–H and O–H groups in total. The number of aliphatic hydroxyl groups excluding tert-OH is 2. The zero-order valence-corrected chi connectivity index (χ0v) is 27.9. The molecule has 2 heterocycles. The molecule has 2 aromatic carbocycles. The molecule has 1 unspecified atom stereocenters. The first-order valence-corrected chi connectivity index (χ1v) is 17.5. The largest absolute Gasteiger partial charge is 0.392 e. The number of piperazine rings is 1. The van der Waals surface area contributed by atoms with Crippen molar-refractivity contribution >= 4 is 21.8 Å². The maximum atomic E-state index is 13.8. The van der Waals surface area contributed by atoms with Crippen LogP contribution in [-0.4, -0.2) is 94.6 Å². The Morgan fingerprint density at radius 1 is 1.02 bits per heavy atom. The van der Waals surface area contributed by atoms with Crippen molar-refractivity contribution in [3.63, 3.8) is 0 Å². The summed E-state index contributed by atoms with van der Waals surface area (Å²) >= 11 is 0. The number of carbonyl (C=O) groups excluding carboxylic acids is 2. The second-order valence-corrected chi connectivity index (χ2v) is 15.5. The molecule has 0 radical (unpaired) electrons. The molecule has 11 nitrogen and oxygen atoms in total. The first kappa shape index (κ1) is 34.6. The van der Waals surface area contributed by atoms with E-state index in [9.17, 15) is 28.2 Å². The summed E-state index contributed by atoms with van der Waals surface area (Å²) in [6.45, 7) is 5.85. The van der Waals surface area contributed by atoms with Gasteiger partial charge in [0, 0.05) is 56.5 Å². The minimum atomic E-state index is -3.90. The first-order valence-electron chi connectivity index (χ1n) is 16.1. The smallest absolute Gasteiger partial charge is 0.244 e. The molecular weight excluding hydrogens is 618 g/mol. The van der Waals surface area contributed by atoms with Crippen molar-refractivity contribution < 1.29 is 28.2 Å². The van der Waals surface area contributed by atoms with Gasteiger partial charge in [-0.05, 0) is 62.4 Å². The van der Waals surface area contributed by atoms with Gasteiger partial charge in [-0.15, -0.1) is 0 Å². The Kier molecular flexibility index (Phi) is 10.8. The van der Waals surface area contributed by atoms with Crippen molar-refractivity contribution in [1.29, 1.82) is 0 Å². The number of nitrogens with zero attached hydrogens (tertiary/aromatic N) is 3. The topological polar surface area (TPSA) is 152 Å². The molecule has 0 bridgehead atoms. The van der Waals surface area contributed by atoms with E-state index < -0.39 is 45.8 Å². The molecule has 5 atom stereocenters. The molecule has 3 aromatic rings. The van der Waals surface area contributed by atoms with Crippen LogP contribution >= 0.6 is 0 Å². The second kappa shape index (κ2) is 14.6. The standard InChI is InChI=1S/C35H45N5O6S/c1-35(2,3)38-34(44)30-23-40(47(45,46)28-13-9-15-36-21-28)17-16-39(30)22-27(41)19-26(18-24-10-5-4-6-11-24)33(43)37-32-29-14-8-7-12-25(29)20-31(32)42/h4-15,21,26-27,30-32,41-42H,16-20,22-23H2,1-3H3,(H,37,43)(H,38,44)/t26-,27+,30+,31-,32?/m1/s1. The zero-order chi connectivity index (χ0) is 33.8. The molecule has 2 aliphatic rings. The Morgan fingerprint density at radius 2 is 1.74 bits per heavy atom. The highest BCUT2D eigenvalue weighted by molar-refractivity contribution is 7.89. The monoisotopic (exact) mass is 663 g/mol. The van der Waals surface area contributed by atoms with E-state index in [2.05, 4.69) is 15.6 Å². The second-order valence-electron chi connectivity index (χ2n) is 13.5. The lowest BCUT2D eigenvalue weighted by Crippen LogP contribution is -2.62. The van der Waals surface area contributed by atoms with E-state index >= 15 is 0 Å². The van der Waals surface area contributed by atoms with Crippen molar-refractivity contribution in [3.8, 4) is 0 Å². The van der Waals surface area contributed by atoms with Crippen LogP contribution in [0.15, 0.2) is 84.0 Å². The third-order valence-electron chi connectivity index (χ3n) is 8.73. The van der Waals surface area contributed by atoms with Crippen molar-refractivity contribution in [3.05, 3.63) is 95.8 Å². The SMILES string of the molecule is CC(C)(C)NC(=O)[C@@H]1CN(S(=O)(=O)c2cccnc2)CCN1C[C@@H](O)C[C@@H](Cc1ccccc1)C(=O)NC1c2ccccc2C[C@H]1O. The number of fused-ring (bicyclic) bond motifs is 1. The maximum absolute atomic E-state index is 13.8. The van der Waals surface area contributed by atoms with Crippen molar-refractivity contribution in [2.24, 2.45) is 5.92 Å². The summed E-state index contributed by atoms with van der Waals surface area (Å²) in [6, 6.07) is 18.8. The summed E-state index contributed by atoms with van der Waals surface area (Å²) < 4.78 is 28.1. The number of sulfonamides is 1. The van der Waals surface area contributed by atoms with Crippen LogP contribution in [0.5, 0.6) is 0 Å². The molecule has 252 valence electrons. The van der Waals surface area contributed by atoms with Crippen molar-refractivity contribution in [1.82, 2.24) is 24.8 Å². The fraction of sp³-hybridized carbons (Fsp3) is 0.457. The molecular formula is C35H45N5O6S. The van der Waals surface area contributed by atoms with E-state index in [1.54, 1.807) is 11.0 Å². The summed E-state index contributed by atoms with van der Waals surface area (Å²) in [6.07, 6.45) is 1.97. The summed E-state index contributed by atoms with van der Waals surface area (Å²) in [5, 5.41) is 28.3. The molecule has 0 saturated carbocycles. The number of pyridine rings is 1. The fourth-order valence-corrected chi connectivity index (χ4v) is 7.86. The van der Waals surface area contributed by atoms with Crippen LogP contribution in [-0.2, 0) is 32.5 Å². The van der Waals surface area contributed by atoms with Gasteiger partial charge in [-0.1, -0.05) is 54.6 Å². The lowest BCUT2D eigenvalue weighted by Gasteiger charge is -2.41. The summed E-state index contributed by atoms with van der Waals surface area (Å²) in [5.74, 6) is -1.24. The number of hydrogen-bond donors (Lipinski definition) is 4. The molecule has 5 rings (SSSR count). The van der Waals surface area contributed by atoms with E-state index in [0.717, 1.165) is 16.7 Å². The van der Waals surface area contributed by atoms with Gasteiger partial charge in [0.15, 0.2) is 0 Å². The van der Waals surface area contributed by atoms with E-state index in [0.29, 0.717) is 12.8 Å². The Bertz CT molecular complexity index is 1630. The van der Waals surface area contributed by atoms with Gasteiger partial charge in [0.25, 0.3) is 0 Å². The molecule has 1 aromatic heterocycles. The quantitative estimate of drug-likeness (QED) is 0.243. The molecule has 1 saturated heterocycles. The Morgan fingerprint density at radius 3 is 2.45 bits per heavy atom. The van der Waals surface area contributed by atoms with Crippen LogP contribution in [0.1, 0.15) is 49.9 Å². The number of rotatable bonds is 11. The van der Waals surface area contributed by atoms with Gasteiger partial charge in [0.05, 0.1) is 18.2 Å². The number of carbonyl (C=O) groups is 2. The summed E-state index contributed by atoms with van der Waals surface area (Å²) in [7, 11) is -3.90. The molecule has 1 aliphatic carbocycles. The van der Waals surface area contributed by atoms with Crippen LogP contribution < -0.4 is 10.6 Å². The van der Waals surface area contributed by atoms with Crippen LogP contribution in [0.2, 0.25) is 0 Å². The van der Waals surface area contributed by atoms with Crippen LogP contribution in [0, 0.1) is 5.92 Å². The maximum Gasteiger partial charge on any atom is 0.244 e. The normalized spacial score (nSPS) is 21.9. The molecule has 2 amide bonds. The van der Waals surface area contributed by atoms with Crippen molar-refractivity contribution in [2.75, 3.05) is 26.2 Å². The van der Waals surface area contributed by atoms with E-state index in [-0.39, 0.29) is 49.3 Å². The lowest BCUT2D eigenvalue weighted by atomic mass is 9.91. The number of nitrogens with one attached hydrogen (secondary N) is 2. The molecule has 1 aliphatic heterocycles. The van der Waals surface area contributed by atoms with Crippen LogP contribution in [0.4, 0.5) is 0 Å². The van der Waals surface area contributed by atoms with E-state index in [1.165, 1.54) is 22.8 Å². The lowest BCUT2D eigenvalue weighted by molar-refractivity contribution is -0.131. The zero-order valence-electron chi connectivity index (χ0n) is 27.1. The number of amides is 2. The summed E-state index contributed by atoms with van der Waals surface area (Å²) in [5.41, 5.74) is 2.26. The number of aromatic nitrogens is 1. The fourth-order valence-electron chi connectivity index (χ4n) is 6.46. The predicted molar refractivity (Wildman–Crippen MR) is 178 cm³/mol. The first-order chi connectivity index (χ1) is 22.3. The van der Waals surface area contributed by atoms with Gasteiger partial charge < -0.3 is 20.8 Å². The number of β-amino-alcohol motifs (C(OH)–C–C–N with tert-alkyl or cyclic N) is 1. The molecule has 0 spiro atoms. The minimum absolute atomic E-state index is 0.0493. The molecule has 12 heteroatoms. The average molecular weight is 664 g/mol. The van der Waals surface area contributed by atoms with Crippen molar-refractivity contribution in [2.45, 2.75) is 74.8 Å². The van der Waals surface area contributed by atoms with Gasteiger partial charge in [-0.3, -0.25) is 19.5 Å². The highest BCUT2D eigenvalue weighted by Gasteiger charge is 2.40. The van der Waals surface area contributed by atoms with Gasteiger partial charge in [-0.25, -0.2) is 8.42 Å². The highest BCUT2D eigenvalue weighted by Crippen LogP contribution is 2.32. The number of benzene rings is 2. The number of aliphatic hydroxyl groups is 2. The van der Waals surface area contributed by atoms with E-state index in [4.69, 9.17) is 0 Å².